The number of amides is 1. The fourth-order valence-corrected chi connectivity index (χ4v) is 5.80. The summed E-state index contributed by atoms with van der Waals surface area (Å²) in [7, 11) is -2.28. The number of hydrogen-bond donors (Lipinski definition) is 1. The molecular weight excluding hydrogens is 481 g/mol. The number of benzene rings is 2. The summed E-state index contributed by atoms with van der Waals surface area (Å²) in [5, 5.41) is 14.2. The van der Waals surface area contributed by atoms with Gasteiger partial charge in [-0.15, -0.1) is 0 Å². The SMILES string of the molecule is COc1ccc([N+](=O)[O-])cc1NC(=O)C1CCN(S(=O)(=O)Cc2c(Cl)cccc2Cl)CC1. The van der Waals surface area contributed by atoms with Crippen LogP contribution in [0.5, 0.6) is 5.75 Å². The van der Waals surface area contributed by atoms with Gasteiger partial charge in [0.25, 0.3) is 5.69 Å². The number of nitrogens with zero attached hydrogens (tertiary/aromatic N) is 2. The zero-order valence-electron chi connectivity index (χ0n) is 17.1. The fraction of sp³-hybridized carbons (Fsp3) is 0.350. The van der Waals surface area contributed by atoms with E-state index in [-0.39, 0.29) is 46.2 Å². The molecule has 0 unspecified atom stereocenters. The lowest BCUT2D eigenvalue weighted by Crippen LogP contribution is -2.42. The Bertz CT molecular complexity index is 1110. The number of rotatable bonds is 7. The minimum absolute atomic E-state index is 0.161. The molecule has 12 heteroatoms. The molecule has 3 rings (SSSR count). The van der Waals surface area contributed by atoms with E-state index < -0.39 is 20.9 Å². The Balaban J connectivity index is 1.65. The van der Waals surface area contributed by atoms with Crippen LogP contribution in [0.3, 0.4) is 0 Å². The molecule has 0 atom stereocenters. The zero-order chi connectivity index (χ0) is 23.5. The van der Waals surface area contributed by atoms with Gasteiger partial charge < -0.3 is 10.1 Å². The van der Waals surface area contributed by atoms with E-state index in [1.54, 1.807) is 18.2 Å². The third kappa shape index (κ3) is 5.50. The van der Waals surface area contributed by atoms with Crippen LogP contribution in [-0.2, 0) is 20.6 Å². The maximum atomic E-state index is 12.8. The Morgan fingerprint density at radius 1 is 1.22 bits per heavy atom. The summed E-state index contributed by atoms with van der Waals surface area (Å²) in [6.45, 7) is 0.323. The lowest BCUT2D eigenvalue weighted by atomic mass is 9.97. The first kappa shape index (κ1) is 24.2. The van der Waals surface area contributed by atoms with Gasteiger partial charge in [0.1, 0.15) is 5.75 Å². The second-order valence-corrected chi connectivity index (χ2v) is 10.0. The number of nitrogens with one attached hydrogen (secondary N) is 1. The van der Waals surface area contributed by atoms with E-state index in [0.717, 1.165) is 0 Å². The van der Waals surface area contributed by atoms with Crippen LogP contribution in [0, 0.1) is 16.0 Å². The Morgan fingerprint density at radius 3 is 2.41 bits per heavy atom. The highest BCUT2D eigenvalue weighted by Crippen LogP contribution is 2.31. The van der Waals surface area contributed by atoms with Crippen molar-refractivity contribution in [3.8, 4) is 5.75 Å². The van der Waals surface area contributed by atoms with E-state index in [0.29, 0.717) is 24.2 Å². The van der Waals surface area contributed by atoms with Crippen LogP contribution < -0.4 is 10.1 Å². The van der Waals surface area contributed by atoms with E-state index in [1.165, 1.54) is 29.6 Å². The molecule has 1 heterocycles. The van der Waals surface area contributed by atoms with Crippen molar-refractivity contribution >= 4 is 50.5 Å². The predicted octanol–water partition coefficient (Wildman–Crippen LogP) is 4.09. The summed E-state index contributed by atoms with van der Waals surface area (Å²) in [5.41, 5.74) is 0.351. The number of nitro groups is 1. The van der Waals surface area contributed by atoms with Gasteiger partial charge in [-0.2, -0.15) is 0 Å². The van der Waals surface area contributed by atoms with Crippen molar-refractivity contribution in [3.63, 3.8) is 0 Å². The zero-order valence-corrected chi connectivity index (χ0v) is 19.4. The standard InChI is InChI=1S/C20H21Cl2N3O6S/c1-31-19-6-5-14(25(27)28)11-18(19)23-20(26)13-7-9-24(10-8-13)32(29,30)12-15-16(21)3-2-4-17(15)22/h2-6,11,13H,7-10,12H2,1H3,(H,23,26). The number of methoxy groups -OCH3 is 1. The predicted molar refractivity (Wildman–Crippen MR) is 122 cm³/mol. The number of carbonyl (C=O) groups is 1. The molecule has 32 heavy (non-hydrogen) atoms. The van der Waals surface area contributed by atoms with E-state index in [1.807, 2.05) is 0 Å². The van der Waals surface area contributed by atoms with Gasteiger partial charge in [-0.1, -0.05) is 29.3 Å². The molecule has 2 aromatic rings. The summed E-state index contributed by atoms with van der Waals surface area (Å²) in [4.78, 5) is 23.2. The smallest absolute Gasteiger partial charge is 0.271 e. The first-order valence-corrected chi connectivity index (χ1v) is 12.0. The third-order valence-corrected chi connectivity index (χ3v) is 7.77. The maximum Gasteiger partial charge on any atom is 0.271 e. The van der Waals surface area contributed by atoms with Gasteiger partial charge >= 0.3 is 0 Å². The van der Waals surface area contributed by atoms with Gasteiger partial charge in [0, 0.05) is 46.7 Å². The van der Waals surface area contributed by atoms with Gasteiger partial charge in [0.15, 0.2) is 0 Å². The number of carbonyl (C=O) groups excluding carboxylic acids is 1. The Hall–Kier alpha value is -2.40. The largest absolute Gasteiger partial charge is 0.495 e. The summed E-state index contributed by atoms with van der Waals surface area (Å²) in [6.07, 6.45) is 0.608. The summed E-state index contributed by atoms with van der Waals surface area (Å²) in [5.74, 6) is -0.835. The average Bonchev–Trinajstić information content (AvgIpc) is 2.76. The summed E-state index contributed by atoms with van der Waals surface area (Å²) >= 11 is 12.2. The molecule has 2 aromatic carbocycles. The number of halogens is 2. The molecule has 1 N–H and O–H groups in total. The van der Waals surface area contributed by atoms with Crippen molar-refractivity contribution in [2.24, 2.45) is 5.92 Å². The van der Waals surface area contributed by atoms with Crippen molar-refractivity contribution in [3.05, 3.63) is 62.1 Å². The first-order chi connectivity index (χ1) is 15.1. The number of nitro benzene ring substituents is 1. The second-order valence-electron chi connectivity index (χ2n) is 7.26. The molecule has 1 aliphatic heterocycles. The third-order valence-electron chi connectivity index (χ3n) is 5.26. The molecule has 0 bridgehead atoms. The van der Waals surface area contributed by atoms with E-state index in [9.17, 15) is 23.3 Å². The highest BCUT2D eigenvalue weighted by atomic mass is 35.5. The van der Waals surface area contributed by atoms with E-state index >= 15 is 0 Å². The normalized spacial score (nSPS) is 15.3. The van der Waals surface area contributed by atoms with Crippen molar-refractivity contribution < 1.29 is 22.9 Å². The minimum Gasteiger partial charge on any atom is -0.495 e. The van der Waals surface area contributed by atoms with Crippen LogP contribution in [0.4, 0.5) is 11.4 Å². The van der Waals surface area contributed by atoms with Crippen molar-refractivity contribution in [1.82, 2.24) is 4.31 Å². The second kappa shape index (κ2) is 10.0. The molecule has 172 valence electrons. The number of non-ortho nitro benzene ring substituents is 1. The van der Waals surface area contributed by atoms with Crippen LogP contribution in [0.1, 0.15) is 18.4 Å². The van der Waals surface area contributed by atoms with E-state index in [4.69, 9.17) is 27.9 Å². The van der Waals surface area contributed by atoms with Gasteiger partial charge in [-0.3, -0.25) is 14.9 Å². The Labute approximate surface area is 195 Å². The highest BCUT2D eigenvalue weighted by Gasteiger charge is 2.32. The number of ether oxygens (including phenoxy) is 1. The maximum absolute atomic E-state index is 12.8. The molecular formula is C20H21Cl2N3O6S. The monoisotopic (exact) mass is 501 g/mol. The topological polar surface area (TPSA) is 119 Å². The lowest BCUT2D eigenvalue weighted by molar-refractivity contribution is -0.384. The molecule has 9 nitrogen and oxygen atoms in total. The van der Waals surface area contributed by atoms with Crippen LogP contribution in [0.25, 0.3) is 0 Å². The van der Waals surface area contributed by atoms with Crippen molar-refractivity contribution in [2.45, 2.75) is 18.6 Å². The first-order valence-electron chi connectivity index (χ1n) is 9.66. The van der Waals surface area contributed by atoms with Gasteiger partial charge in [0.05, 0.1) is 23.5 Å². The van der Waals surface area contributed by atoms with Crippen LogP contribution in [0.2, 0.25) is 10.0 Å². The summed E-state index contributed by atoms with van der Waals surface area (Å²) in [6, 6.07) is 8.71. The van der Waals surface area contributed by atoms with Crippen molar-refractivity contribution in [2.75, 3.05) is 25.5 Å². The molecule has 0 spiro atoms. The molecule has 0 aromatic heterocycles. The Morgan fingerprint density at radius 2 is 1.84 bits per heavy atom. The fourth-order valence-electron chi connectivity index (χ4n) is 3.48. The quantitative estimate of drug-likeness (QED) is 0.450. The van der Waals surface area contributed by atoms with Gasteiger partial charge in [0.2, 0.25) is 15.9 Å². The van der Waals surface area contributed by atoms with Crippen LogP contribution in [-0.4, -0.2) is 43.8 Å². The molecule has 1 aliphatic rings. The number of anilines is 1. The van der Waals surface area contributed by atoms with Crippen LogP contribution in [0.15, 0.2) is 36.4 Å². The Kier molecular flexibility index (Phi) is 7.60. The number of hydrogen-bond acceptors (Lipinski definition) is 6. The summed E-state index contributed by atoms with van der Waals surface area (Å²) < 4.78 is 32.2. The number of sulfonamides is 1. The van der Waals surface area contributed by atoms with Gasteiger partial charge in [-0.25, -0.2) is 12.7 Å². The molecule has 1 amide bonds. The highest BCUT2D eigenvalue weighted by molar-refractivity contribution is 7.88. The molecule has 0 aliphatic carbocycles. The molecule has 1 fully saturated rings. The van der Waals surface area contributed by atoms with Crippen molar-refractivity contribution in [1.29, 1.82) is 0 Å². The number of piperidine rings is 1. The van der Waals surface area contributed by atoms with E-state index in [2.05, 4.69) is 5.32 Å². The molecule has 1 saturated heterocycles. The molecule has 0 saturated carbocycles. The average molecular weight is 502 g/mol. The minimum atomic E-state index is -3.68. The van der Waals surface area contributed by atoms with Gasteiger partial charge in [-0.05, 0) is 31.0 Å². The van der Waals surface area contributed by atoms with Crippen LogP contribution >= 0.6 is 23.2 Å². The lowest BCUT2D eigenvalue weighted by Gasteiger charge is -2.30. The molecule has 0 radical (unpaired) electrons.